The zero-order chi connectivity index (χ0) is 16.8. The number of amides is 1. The van der Waals surface area contributed by atoms with Gasteiger partial charge in [0.25, 0.3) is 5.91 Å². The summed E-state index contributed by atoms with van der Waals surface area (Å²) in [5.74, 6) is 6.16. The summed E-state index contributed by atoms with van der Waals surface area (Å²) in [6.07, 6.45) is 1.66. The largest absolute Gasteiger partial charge is 0.479 e. The van der Waals surface area contributed by atoms with Gasteiger partial charge < -0.3 is 10.1 Å². The van der Waals surface area contributed by atoms with Crippen LogP contribution < -0.4 is 10.1 Å². The number of nitrogens with zero attached hydrogens (tertiary/aromatic N) is 2. The summed E-state index contributed by atoms with van der Waals surface area (Å²) in [4.78, 5) is 20.5. The van der Waals surface area contributed by atoms with Crippen LogP contribution in [-0.2, 0) is 0 Å². The van der Waals surface area contributed by atoms with E-state index in [9.17, 15) is 4.79 Å². The molecule has 0 aliphatic heterocycles. The van der Waals surface area contributed by atoms with Gasteiger partial charge in [-0.1, -0.05) is 24.0 Å². The summed E-state index contributed by atoms with van der Waals surface area (Å²) in [5, 5.41) is 3.18. The van der Waals surface area contributed by atoms with Crippen molar-refractivity contribution in [3.63, 3.8) is 0 Å². The minimum absolute atomic E-state index is 0.214. The molecule has 0 radical (unpaired) electrons. The van der Waals surface area contributed by atoms with Crippen LogP contribution in [0.4, 0.5) is 0 Å². The monoisotopic (exact) mass is 337 g/mol. The van der Waals surface area contributed by atoms with Gasteiger partial charge >= 0.3 is 0 Å². The van der Waals surface area contributed by atoms with Crippen molar-refractivity contribution in [3.05, 3.63) is 53.3 Å². The standard InChI is InChI=1S/C18H15N3O2S/c1-13-8-9-14(12-20-13)23-11-5-4-10-19-17(22)18-21-15-6-2-3-7-16(15)24-18/h2-3,6-9,12H,10-11H2,1H3,(H,19,22). The maximum atomic E-state index is 12.0. The second kappa shape index (κ2) is 7.57. The number of para-hydroxylation sites is 1. The molecule has 1 amide bonds. The highest BCUT2D eigenvalue weighted by Crippen LogP contribution is 2.21. The number of aryl methyl sites for hydroxylation is 1. The third-order valence-electron chi connectivity index (χ3n) is 3.15. The van der Waals surface area contributed by atoms with Crippen molar-refractivity contribution in [2.45, 2.75) is 6.92 Å². The lowest BCUT2D eigenvalue weighted by Gasteiger charge is -2.00. The maximum Gasteiger partial charge on any atom is 0.281 e. The minimum atomic E-state index is -0.214. The zero-order valence-corrected chi connectivity index (χ0v) is 13.9. The Morgan fingerprint density at radius 1 is 1.25 bits per heavy atom. The van der Waals surface area contributed by atoms with Gasteiger partial charge in [0.15, 0.2) is 5.01 Å². The van der Waals surface area contributed by atoms with Crippen molar-refractivity contribution in [1.29, 1.82) is 0 Å². The maximum absolute atomic E-state index is 12.0. The Morgan fingerprint density at radius 2 is 2.12 bits per heavy atom. The Morgan fingerprint density at radius 3 is 2.92 bits per heavy atom. The first-order chi connectivity index (χ1) is 11.7. The third-order valence-corrected chi connectivity index (χ3v) is 4.18. The van der Waals surface area contributed by atoms with E-state index in [2.05, 4.69) is 27.1 Å². The highest BCUT2D eigenvalue weighted by Gasteiger charge is 2.10. The number of hydrogen-bond acceptors (Lipinski definition) is 5. The second-order valence-electron chi connectivity index (χ2n) is 4.95. The van der Waals surface area contributed by atoms with Crippen LogP contribution in [0.3, 0.4) is 0 Å². The van der Waals surface area contributed by atoms with Crippen LogP contribution in [0.5, 0.6) is 5.75 Å². The average Bonchev–Trinajstić information content (AvgIpc) is 3.03. The smallest absolute Gasteiger partial charge is 0.281 e. The Hall–Kier alpha value is -2.91. The number of hydrogen-bond donors (Lipinski definition) is 1. The van der Waals surface area contributed by atoms with E-state index < -0.39 is 0 Å². The number of benzene rings is 1. The topological polar surface area (TPSA) is 64.1 Å². The molecule has 2 heterocycles. The number of carbonyl (C=O) groups excluding carboxylic acids is 1. The van der Waals surface area contributed by atoms with Crippen molar-refractivity contribution in [2.75, 3.05) is 13.2 Å². The van der Waals surface area contributed by atoms with Gasteiger partial charge in [-0.2, -0.15) is 0 Å². The molecule has 5 nitrogen and oxygen atoms in total. The summed E-state index contributed by atoms with van der Waals surface area (Å²) in [7, 11) is 0. The highest BCUT2D eigenvalue weighted by molar-refractivity contribution is 7.20. The fourth-order valence-electron chi connectivity index (χ4n) is 1.94. The summed E-state index contributed by atoms with van der Waals surface area (Å²) in [6.45, 7) is 2.42. The molecule has 0 bridgehead atoms. The first-order valence-electron chi connectivity index (χ1n) is 7.37. The Labute approximate surface area is 143 Å². The van der Waals surface area contributed by atoms with Gasteiger partial charge in [-0.25, -0.2) is 4.98 Å². The lowest BCUT2D eigenvalue weighted by molar-refractivity contribution is 0.0958. The number of thiazole rings is 1. The summed E-state index contributed by atoms with van der Waals surface area (Å²) < 4.78 is 6.43. The predicted octanol–water partition coefficient (Wildman–Crippen LogP) is 2.81. The molecule has 0 aliphatic rings. The lowest BCUT2D eigenvalue weighted by Crippen LogP contribution is -2.23. The summed E-state index contributed by atoms with van der Waals surface area (Å²) >= 11 is 1.37. The number of pyridine rings is 1. The molecular formula is C18H15N3O2S. The van der Waals surface area contributed by atoms with Gasteiger partial charge in [0.2, 0.25) is 0 Å². The molecule has 0 spiro atoms. The zero-order valence-electron chi connectivity index (χ0n) is 13.1. The van der Waals surface area contributed by atoms with Crippen LogP contribution in [0.1, 0.15) is 15.5 Å². The van der Waals surface area contributed by atoms with E-state index >= 15 is 0 Å². The second-order valence-corrected chi connectivity index (χ2v) is 5.98. The highest BCUT2D eigenvalue weighted by atomic mass is 32.1. The molecule has 0 saturated carbocycles. The third kappa shape index (κ3) is 4.09. The van der Waals surface area contributed by atoms with Crippen molar-refractivity contribution in [1.82, 2.24) is 15.3 Å². The van der Waals surface area contributed by atoms with Gasteiger partial charge in [0.05, 0.1) is 23.0 Å². The van der Waals surface area contributed by atoms with Gasteiger partial charge in [0.1, 0.15) is 12.4 Å². The van der Waals surface area contributed by atoms with Crippen LogP contribution in [0.25, 0.3) is 10.2 Å². The number of ether oxygens (including phenoxy) is 1. The van der Waals surface area contributed by atoms with Gasteiger partial charge in [-0.3, -0.25) is 9.78 Å². The van der Waals surface area contributed by atoms with E-state index in [0.29, 0.717) is 10.8 Å². The van der Waals surface area contributed by atoms with E-state index in [1.165, 1.54) is 11.3 Å². The predicted molar refractivity (Wildman–Crippen MR) is 94.2 cm³/mol. The number of fused-ring (bicyclic) bond motifs is 1. The molecule has 1 N–H and O–H groups in total. The fourth-order valence-corrected chi connectivity index (χ4v) is 2.82. The molecule has 3 rings (SSSR count). The van der Waals surface area contributed by atoms with Crippen LogP contribution in [0.2, 0.25) is 0 Å². The number of rotatable bonds is 4. The molecule has 0 fully saturated rings. The fraction of sp³-hybridized carbons (Fsp3) is 0.167. The number of nitrogens with one attached hydrogen (secondary N) is 1. The first kappa shape index (κ1) is 16.0. The van der Waals surface area contributed by atoms with Crippen molar-refractivity contribution in [2.24, 2.45) is 0 Å². The molecule has 1 aromatic carbocycles. The van der Waals surface area contributed by atoms with Crippen LogP contribution in [0, 0.1) is 18.8 Å². The molecule has 3 aromatic rings. The van der Waals surface area contributed by atoms with Crippen molar-refractivity contribution < 1.29 is 9.53 Å². The van der Waals surface area contributed by atoms with E-state index in [1.54, 1.807) is 6.20 Å². The summed E-state index contributed by atoms with van der Waals surface area (Å²) in [6, 6.07) is 11.4. The molecule has 6 heteroatoms. The molecule has 24 heavy (non-hydrogen) atoms. The quantitative estimate of drug-likeness (QED) is 0.744. The van der Waals surface area contributed by atoms with Gasteiger partial charge in [-0.15, -0.1) is 11.3 Å². The van der Waals surface area contributed by atoms with Crippen molar-refractivity contribution in [3.8, 4) is 17.6 Å². The first-order valence-corrected chi connectivity index (χ1v) is 8.19. The minimum Gasteiger partial charge on any atom is -0.479 e. The molecule has 120 valence electrons. The Balaban J connectivity index is 1.46. The molecule has 0 unspecified atom stereocenters. The number of carbonyl (C=O) groups is 1. The van der Waals surface area contributed by atoms with E-state index in [1.807, 2.05) is 43.3 Å². The average molecular weight is 337 g/mol. The molecule has 0 saturated heterocycles. The SMILES string of the molecule is Cc1ccc(OCC#CCNC(=O)c2nc3ccccc3s2)cn1. The Bertz CT molecular complexity index is 874. The van der Waals surface area contributed by atoms with Crippen LogP contribution >= 0.6 is 11.3 Å². The Kier molecular flexibility index (Phi) is 5.04. The van der Waals surface area contributed by atoms with Crippen molar-refractivity contribution >= 4 is 27.5 Å². The van der Waals surface area contributed by atoms with Crippen LogP contribution in [0.15, 0.2) is 42.6 Å². The summed E-state index contributed by atoms with van der Waals surface area (Å²) in [5.41, 5.74) is 1.77. The van der Waals surface area contributed by atoms with E-state index in [0.717, 1.165) is 15.9 Å². The van der Waals surface area contributed by atoms with Crippen LogP contribution in [-0.4, -0.2) is 29.0 Å². The van der Waals surface area contributed by atoms with E-state index in [-0.39, 0.29) is 19.1 Å². The number of aromatic nitrogens is 2. The molecule has 2 aromatic heterocycles. The van der Waals surface area contributed by atoms with Gasteiger partial charge in [-0.05, 0) is 31.2 Å². The molecular weight excluding hydrogens is 322 g/mol. The molecule has 0 aliphatic carbocycles. The lowest BCUT2D eigenvalue weighted by atomic mass is 10.3. The normalized spacial score (nSPS) is 10.0. The molecule has 0 atom stereocenters. The van der Waals surface area contributed by atoms with Gasteiger partial charge in [0, 0.05) is 5.69 Å². The van der Waals surface area contributed by atoms with E-state index in [4.69, 9.17) is 4.74 Å².